The number of carbonyl (C=O) groups is 2. The first-order valence-electron chi connectivity index (χ1n) is 8.69. The van der Waals surface area contributed by atoms with Crippen molar-refractivity contribution < 1.29 is 9.59 Å². The number of aromatic nitrogens is 3. The highest BCUT2D eigenvalue weighted by Gasteiger charge is 2.22. The minimum atomic E-state index is -0.611. The van der Waals surface area contributed by atoms with Crippen molar-refractivity contribution in [1.82, 2.24) is 20.1 Å². The van der Waals surface area contributed by atoms with Crippen LogP contribution in [0.25, 0.3) is 5.82 Å². The van der Waals surface area contributed by atoms with Gasteiger partial charge in [0.15, 0.2) is 5.82 Å². The van der Waals surface area contributed by atoms with E-state index >= 15 is 0 Å². The molecule has 2 aromatic heterocycles. The SMILES string of the molecule is C[C@H](NC(=O)CC1CCCC1)C(=O)Nc1cccnc1-n1cccn1. The van der Waals surface area contributed by atoms with Gasteiger partial charge in [-0.15, -0.1) is 0 Å². The van der Waals surface area contributed by atoms with Crippen LogP contribution in [0.1, 0.15) is 39.0 Å². The van der Waals surface area contributed by atoms with E-state index in [9.17, 15) is 9.59 Å². The highest BCUT2D eigenvalue weighted by molar-refractivity contribution is 5.98. The van der Waals surface area contributed by atoms with Crippen LogP contribution in [0.4, 0.5) is 5.69 Å². The van der Waals surface area contributed by atoms with Gasteiger partial charge in [-0.2, -0.15) is 5.10 Å². The first-order chi connectivity index (χ1) is 12.1. The molecule has 0 saturated heterocycles. The van der Waals surface area contributed by atoms with E-state index in [1.54, 1.807) is 48.4 Å². The Hall–Kier alpha value is -2.70. The number of hydrogen-bond donors (Lipinski definition) is 2. The molecule has 0 spiro atoms. The zero-order chi connectivity index (χ0) is 17.6. The van der Waals surface area contributed by atoms with Crippen molar-refractivity contribution in [1.29, 1.82) is 0 Å². The van der Waals surface area contributed by atoms with Gasteiger partial charge in [-0.3, -0.25) is 9.59 Å². The maximum atomic E-state index is 12.4. The average Bonchev–Trinajstić information content (AvgIpc) is 3.28. The summed E-state index contributed by atoms with van der Waals surface area (Å²) >= 11 is 0. The molecule has 0 aliphatic heterocycles. The second-order valence-corrected chi connectivity index (χ2v) is 6.46. The van der Waals surface area contributed by atoms with E-state index in [4.69, 9.17) is 0 Å². The molecule has 7 nitrogen and oxygen atoms in total. The van der Waals surface area contributed by atoms with Crippen molar-refractivity contribution in [3.8, 4) is 5.82 Å². The van der Waals surface area contributed by atoms with Gasteiger partial charge in [0.1, 0.15) is 6.04 Å². The third kappa shape index (κ3) is 4.43. The summed E-state index contributed by atoms with van der Waals surface area (Å²) in [4.78, 5) is 28.8. The first-order valence-corrected chi connectivity index (χ1v) is 8.69. The van der Waals surface area contributed by atoms with Gasteiger partial charge in [0.05, 0.1) is 5.69 Å². The van der Waals surface area contributed by atoms with Gasteiger partial charge in [0.2, 0.25) is 11.8 Å². The van der Waals surface area contributed by atoms with Crippen molar-refractivity contribution in [3.05, 3.63) is 36.8 Å². The summed E-state index contributed by atoms with van der Waals surface area (Å²) in [6.45, 7) is 1.69. The highest BCUT2D eigenvalue weighted by atomic mass is 16.2. The molecule has 1 aliphatic carbocycles. The summed E-state index contributed by atoms with van der Waals surface area (Å²) in [5, 5.41) is 9.75. The fourth-order valence-electron chi connectivity index (χ4n) is 3.15. The maximum absolute atomic E-state index is 12.4. The molecule has 1 fully saturated rings. The average molecular weight is 341 g/mol. The molecule has 0 aromatic carbocycles. The summed E-state index contributed by atoms with van der Waals surface area (Å²) < 4.78 is 1.58. The van der Waals surface area contributed by atoms with Crippen LogP contribution in [-0.2, 0) is 9.59 Å². The molecule has 132 valence electrons. The number of pyridine rings is 1. The summed E-state index contributed by atoms with van der Waals surface area (Å²) in [6.07, 6.45) is 10.2. The number of nitrogens with one attached hydrogen (secondary N) is 2. The Labute approximate surface area is 146 Å². The van der Waals surface area contributed by atoms with E-state index in [1.165, 1.54) is 12.8 Å². The lowest BCUT2D eigenvalue weighted by Gasteiger charge is -2.17. The van der Waals surface area contributed by atoms with E-state index < -0.39 is 6.04 Å². The third-order valence-corrected chi connectivity index (χ3v) is 4.49. The van der Waals surface area contributed by atoms with Crippen LogP contribution in [0.15, 0.2) is 36.8 Å². The number of anilines is 1. The fraction of sp³-hybridized carbons (Fsp3) is 0.444. The Balaban J connectivity index is 1.59. The summed E-state index contributed by atoms with van der Waals surface area (Å²) in [5.74, 6) is 0.652. The molecule has 2 heterocycles. The number of nitrogens with zero attached hydrogens (tertiary/aromatic N) is 3. The van der Waals surface area contributed by atoms with Crippen LogP contribution < -0.4 is 10.6 Å². The Morgan fingerprint density at radius 2 is 2.08 bits per heavy atom. The van der Waals surface area contributed by atoms with Gasteiger partial charge in [0, 0.05) is 25.0 Å². The van der Waals surface area contributed by atoms with Gasteiger partial charge < -0.3 is 10.6 Å². The molecular weight excluding hydrogens is 318 g/mol. The molecule has 2 amide bonds. The minimum absolute atomic E-state index is 0.0620. The second kappa shape index (κ2) is 7.92. The van der Waals surface area contributed by atoms with Gasteiger partial charge in [-0.25, -0.2) is 9.67 Å². The largest absolute Gasteiger partial charge is 0.345 e. The normalized spacial score (nSPS) is 15.7. The molecule has 1 aliphatic rings. The van der Waals surface area contributed by atoms with Gasteiger partial charge in [-0.1, -0.05) is 12.8 Å². The predicted octanol–water partition coefficient (Wildman–Crippen LogP) is 2.29. The van der Waals surface area contributed by atoms with Gasteiger partial charge in [0.25, 0.3) is 0 Å². The molecule has 7 heteroatoms. The van der Waals surface area contributed by atoms with Crippen molar-refractivity contribution in [3.63, 3.8) is 0 Å². The summed E-state index contributed by atoms with van der Waals surface area (Å²) in [7, 11) is 0. The van der Waals surface area contributed by atoms with Crippen molar-refractivity contribution in [2.75, 3.05) is 5.32 Å². The highest BCUT2D eigenvalue weighted by Crippen LogP contribution is 2.27. The smallest absolute Gasteiger partial charge is 0.246 e. The fourth-order valence-corrected chi connectivity index (χ4v) is 3.15. The van der Waals surface area contributed by atoms with E-state index in [2.05, 4.69) is 20.7 Å². The van der Waals surface area contributed by atoms with Crippen LogP contribution >= 0.6 is 0 Å². The van der Waals surface area contributed by atoms with Crippen LogP contribution in [-0.4, -0.2) is 32.6 Å². The number of rotatable bonds is 6. The Morgan fingerprint density at radius 1 is 1.28 bits per heavy atom. The zero-order valence-electron chi connectivity index (χ0n) is 14.3. The zero-order valence-corrected chi connectivity index (χ0v) is 14.3. The lowest BCUT2D eigenvalue weighted by Crippen LogP contribution is -2.42. The molecule has 2 N–H and O–H groups in total. The molecule has 0 radical (unpaired) electrons. The Morgan fingerprint density at radius 3 is 2.80 bits per heavy atom. The van der Waals surface area contributed by atoms with Crippen molar-refractivity contribution in [2.45, 2.75) is 45.1 Å². The minimum Gasteiger partial charge on any atom is -0.345 e. The van der Waals surface area contributed by atoms with Gasteiger partial charge >= 0.3 is 0 Å². The molecule has 1 atom stereocenters. The molecule has 3 rings (SSSR count). The van der Waals surface area contributed by atoms with Crippen molar-refractivity contribution in [2.24, 2.45) is 5.92 Å². The monoisotopic (exact) mass is 341 g/mol. The van der Waals surface area contributed by atoms with Gasteiger partial charge in [-0.05, 0) is 43.9 Å². The maximum Gasteiger partial charge on any atom is 0.246 e. The number of carbonyl (C=O) groups excluding carboxylic acids is 2. The quantitative estimate of drug-likeness (QED) is 0.844. The van der Waals surface area contributed by atoms with Crippen LogP contribution in [0.2, 0.25) is 0 Å². The molecule has 0 bridgehead atoms. The predicted molar refractivity (Wildman–Crippen MR) is 94.2 cm³/mol. The Bertz CT molecular complexity index is 723. The lowest BCUT2D eigenvalue weighted by molar-refractivity contribution is -0.126. The lowest BCUT2D eigenvalue weighted by atomic mass is 10.0. The van der Waals surface area contributed by atoms with E-state index in [1.807, 2.05) is 0 Å². The topological polar surface area (TPSA) is 88.9 Å². The molecule has 1 saturated carbocycles. The second-order valence-electron chi connectivity index (χ2n) is 6.46. The van der Waals surface area contributed by atoms with E-state index in [-0.39, 0.29) is 11.8 Å². The summed E-state index contributed by atoms with van der Waals surface area (Å²) in [6, 6.07) is 4.67. The van der Waals surface area contributed by atoms with Crippen LogP contribution in [0, 0.1) is 5.92 Å². The Kier molecular flexibility index (Phi) is 5.42. The summed E-state index contributed by atoms with van der Waals surface area (Å²) in [5.41, 5.74) is 0.549. The van der Waals surface area contributed by atoms with Crippen LogP contribution in [0.3, 0.4) is 0 Å². The molecular formula is C18H23N5O2. The van der Waals surface area contributed by atoms with E-state index in [0.717, 1.165) is 12.8 Å². The standard InChI is InChI=1S/C18H23N5O2/c1-13(21-16(24)12-14-6-2-3-7-14)18(25)22-15-8-4-9-19-17(15)23-11-5-10-20-23/h4-5,8-11,13-14H,2-3,6-7,12H2,1H3,(H,21,24)(H,22,25)/t13-/m0/s1. The molecule has 25 heavy (non-hydrogen) atoms. The molecule has 0 unspecified atom stereocenters. The number of hydrogen-bond acceptors (Lipinski definition) is 4. The molecule has 2 aromatic rings. The van der Waals surface area contributed by atoms with Crippen molar-refractivity contribution >= 4 is 17.5 Å². The van der Waals surface area contributed by atoms with Crippen LogP contribution in [0.5, 0.6) is 0 Å². The number of amides is 2. The van der Waals surface area contributed by atoms with E-state index in [0.29, 0.717) is 23.8 Å². The third-order valence-electron chi connectivity index (χ3n) is 4.49. The first kappa shape index (κ1) is 17.1.